The molecular formula is C33H56O3. The monoisotopic (exact) mass is 500 g/mol. The topological polar surface area (TPSA) is 49.8 Å². The molecule has 0 radical (unpaired) electrons. The number of hydrogen-bond donors (Lipinski definition) is 1. The molecule has 36 heavy (non-hydrogen) atoms. The minimum atomic E-state index is -0.647. The number of aliphatic carboxylic acids is 1. The Bertz CT molecular complexity index is 792. The van der Waals surface area contributed by atoms with Crippen molar-refractivity contribution < 1.29 is 14.6 Å². The smallest absolute Gasteiger partial charge is 0.303 e. The lowest BCUT2D eigenvalue weighted by molar-refractivity contribution is -0.137. The quantitative estimate of drug-likeness (QED) is 0.228. The second kappa shape index (κ2) is 10.2. The van der Waals surface area contributed by atoms with Gasteiger partial charge in [0.15, 0.2) is 0 Å². The molecular weight excluding hydrogens is 444 g/mol. The van der Waals surface area contributed by atoms with Crippen LogP contribution in [0.1, 0.15) is 137 Å². The second-order valence-electron chi connectivity index (χ2n) is 15.2. The van der Waals surface area contributed by atoms with Crippen LogP contribution in [0.4, 0.5) is 0 Å². The molecule has 1 saturated heterocycles. The van der Waals surface area contributed by atoms with Crippen molar-refractivity contribution >= 4 is 5.97 Å². The highest BCUT2D eigenvalue weighted by Gasteiger charge is 2.75. The summed E-state index contributed by atoms with van der Waals surface area (Å²) in [7, 11) is 0. The highest BCUT2D eigenvalue weighted by Crippen LogP contribution is 2.75. The van der Waals surface area contributed by atoms with Crippen LogP contribution < -0.4 is 0 Å². The van der Waals surface area contributed by atoms with Crippen molar-refractivity contribution in [3.63, 3.8) is 0 Å². The molecule has 3 nitrogen and oxygen atoms in total. The number of unbranched alkanes of at least 4 members (excludes halogenated alkanes) is 2. The molecule has 2 unspecified atom stereocenters. The van der Waals surface area contributed by atoms with Gasteiger partial charge in [0.1, 0.15) is 5.60 Å². The average molecular weight is 501 g/mol. The Balaban J connectivity index is 1.20. The van der Waals surface area contributed by atoms with Crippen molar-refractivity contribution in [3.05, 3.63) is 0 Å². The van der Waals surface area contributed by atoms with E-state index in [9.17, 15) is 4.79 Å². The van der Waals surface area contributed by atoms with Crippen LogP contribution in [0, 0.1) is 52.3 Å². The molecule has 4 saturated carbocycles. The van der Waals surface area contributed by atoms with Crippen LogP contribution in [0.15, 0.2) is 0 Å². The fourth-order valence-electron chi connectivity index (χ4n) is 10.9. The fraction of sp³-hybridized carbons (Fsp3) is 0.970. The van der Waals surface area contributed by atoms with E-state index in [4.69, 9.17) is 9.84 Å². The van der Waals surface area contributed by atoms with Crippen molar-refractivity contribution in [2.75, 3.05) is 0 Å². The largest absolute Gasteiger partial charge is 0.481 e. The van der Waals surface area contributed by atoms with E-state index in [1.807, 2.05) is 0 Å². The van der Waals surface area contributed by atoms with Gasteiger partial charge in [-0.1, -0.05) is 73.1 Å². The van der Waals surface area contributed by atoms with Gasteiger partial charge in [-0.25, -0.2) is 0 Å². The first kappa shape index (κ1) is 27.0. The van der Waals surface area contributed by atoms with Crippen LogP contribution in [0.2, 0.25) is 0 Å². The maximum absolute atomic E-state index is 10.8. The molecule has 5 fully saturated rings. The summed E-state index contributed by atoms with van der Waals surface area (Å²) in [5.74, 6) is 5.51. The normalized spacial score (nSPS) is 45.9. The number of epoxide rings is 1. The third kappa shape index (κ3) is 4.60. The zero-order valence-corrected chi connectivity index (χ0v) is 24.2. The lowest BCUT2D eigenvalue weighted by Crippen LogP contribution is -2.58. The van der Waals surface area contributed by atoms with Crippen LogP contribution in [0.3, 0.4) is 0 Å². The van der Waals surface area contributed by atoms with E-state index >= 15 is 0 Å². The number of rotatable bonds is 11. The molecule has 1 aliphatic heterocycles. The molecule has 0 aromatic carbocycles. The Labute approximate surface area is 221 Å². The molecule has 1 N–H and O–H groups in total. The summed E-state index contributed by atoms with van der Waals surface area (Å²) in [6.07, 6.45) is 20.7. The van der Waals surface area contributed by atoms with Gasteiger partial charge in [-0.05, 0) is 105 Å². The van der Waals surface area contributed by atoms with E-state index in [1.165, 1.54) is 83.5 Å². The van der Waals surface area contributed by atoms with Gasteiger partial charge in [-0.2, -0.15) is 0 Å². The first-order valence-electron chi connectivity index (χ1n) is 16.0. The number of fused-ring (bicyclic) bond motifs is 4. The number of ether oxygens (including phenoxy) is 1. The molecule has 206 valence electrons. The molecule has 0 bridgehead atoms. The van der Waals surface area contributed by atoms with Gasteiger partial charge in [0, 0.05) is 11.8 Å². The maximum Gasteiger partial charge on any atom is 0.303 e. The molecule has 0 amide bonds. The molecule has 3 heteroatoms. The first-order chi connectivity index (χ1) is 17.1. The van der Waals surface area contributed by atoms with Gasteiger partial charge >= 0.3 is 5.97 Å². The summed E-state index contributed by atoms with van der Waals surface area (Å²) in [6.45, 7) is 12.7. The summed E-state index contributed by atoms with van der Waals surface area (Å²) in [5, 5.41) is 8.90. The van der Waals surface area contributed by atoms with Gasteiger partial charge in [-0.3, -0.25) is 4.79 Å². The number of carboxylic acids is 1. The number of carbonyl (C=O) groups is 1. The molecule has 5 aliphatic rings. The Hall–Kier alpha value is -0.570. The van der Waals surface area contributed by atoms with Gasteiger partial charge in [0.2, 0.25) is 0 Å². The van der Waals surface area contributed by atoms with E-state index in [1.54, 1.807) is 0 Å². The van der Waals surface area contributed by atoms with Crippen molar-refractivity contribution in [2.45, 2.75) is 149 Å². The van der Waals surface area contributed by atoms with Crippen LogP contribution in [0.5, 0.6) is 0 Å². The van der Waals surface area contributed by atoms with Crippen LogP contribution >= 0.6 is 0 Å². The molecule has 0 aromatic heterocycles. The van der Waals surface area contributed by atoms with Crippen LogP contribution in [-0.2, 0) is 9.53 Å². The van der Waals surface area contributed by atoms with E-state index in [0.29, 0.717) is 23.4 Å². The Morgan fingerprint density at radius 1 is 0.944 bits per heavy atom. The highest BCUT2D eigenvalue weighted by atomic mass is 16.6. The number of carboxylic acid groups (broad SMARTS) is 1. The van der Waals surface area contributed by atoms with Crippen molar-refractivity contribution in [2.24, 2.45) is 52.3 Å². The van der Waals surface area contributed by atoms with E-state index in [-0.39, 0.29) is 5.60 Å². The zero-order chi connectivity index (χ0) is 25.7. The summed E-state index contributed by atoms with van der Waals surface area (Å²) in [4.78, 5) is 10.8. The lowest BCUT2D eigenvalue weighted by Gasteiger charge is -2.60. The van der Waals surface area contributed by atoms with Gasteiger partial charge in [0.05, 0.1) is 6.10 Å². The van der Waals surface area contributed by atoms with E-state index < -0.39 is 5.97 Å². The average Bonchev–Trinajstić information content (AvgIpc) is 3.39. The molecule has 1 heterocycles. The predicted molar refractivity (Wildman–Crippen MR) is 147 cm³/mol. The second-order valence-corrected chi connectivity index (χ2v) is 15.2. The summed E-state index contributed by atoms with van der Waals surface area (Å²) >= 11 is 0. The third-order valence-corrected chi connectivity index (χ3v) is 12.9. The van der Waals surface area contributed by atoms with Crippen molar-refractivity contribution in [1.82, 2.24) is 0 Å². The minimum Gasteiger partial charge on any atom is -0.481 e. The van der Waals surface area contributed by atoms with Gasteiger partial charge < -0.3 is 9.84 Å². The van der Waals surface area contributed by atoms with Crippen molar-refractivity contribution in [3.8, 4) is 0 Å². The number of hydrogen-bond acceptors (Lipinski definition) is 2. The Kier molecular flexibility index (Phi) is 7.65. The summed E-state index contributed by atoms with van der Waals surface area (Å²) in [5.41, 5.74) is 1.15. The SMILES string of the molecule is CC(C)CCCC(C)[C@H]1CC[C@H]2[C@@H]3C[C@@H]4OC45C[C@@H](CCCCCC(=O)O)CC[C@]5(C)[C@H]3CC[C@]12C. The highest BCUT2D eigenvalue weighted by molar-refractivity contribution is 5.66. The predicted octanol–water partition coefficient (Wildman–Crippen LogP) is 8.89. The lowest BCUT2D eigenvalue weighted by atomic mass is 9.43. The summed E-state index contributed by atoms with van der Waals surface area (Å²) < 4.78 is 6.81. The zero-order valence-electron chi connectivity index (χ0n) is 24.2. The molecule has 1 spiro atoms. The molecule has 4 aliphatic carbocycles. The fourth-order valence-corrected chi connectivity index (χ4v) is 10.9. The Morgan fingerprint density at radius 3 is 2.50 bits per heavy atom. The van der Waals surface area contributed by atoms with Gasteiger partial charge in [0.25, 0.3) is 0 Å². The standard InChI is InChI=1S/C33H56O3/c1-22(2)10-9-11-23(3)26-14-15-27-25-20-29-33(36-29)21-24(12-7-6-8-13-30(34)35)16-19-32(33,5)28(25)17-18-31(26,27)4/h22-29H,6-21H2,1-5H3,(H,34,35)/t23?,24-,25-,26+,27-,28-,29-,31+,32+,33?/m0/s1. The van der Waals surface area contributed by atoms with Gasteiger partial charge in [-0.15, -0.1) is 0 Å². The molecule has 5 rings (SSSR count). The van der Waals surface area contributed by atoms with Crippen LogP contribution in [0.25, 0.3) is 0 Å². The maximum atomic E-state index is 10.8. The minimum absolute atomic E-state index is 0.189. The molecule has 0 aromatic rings. The van der Waals surface area contributed by atoms with Crippen molar-refractivity contribution in [1.29, 1.82) is 0 Å². The molecule has 10 atom stereocenters. The third-order valence-electron chi connectivity index (χ3n) is 12.9. The van der Waals surface area contributed by atoms with E-state index in [2.05, 4.69) is 34.6 Å². The Morgan fingerprint density at radius 2 is 1.75 bits per heavy atom. The van der Waals surface area contributed by atoms with Crippen LogP contribution in [-0.4, -0.2) is 22.8 Å². The first-order valence-corrected chi connectivity index (χ1v) is 16.0. The summed E-state index contributed by atoms with van der Waals surface area (Å²) in [6, 6.07) is 0. The van der Waals surface area contributed by atoms with E-state index in [0.717, 1.165) is 54.3 Å².